The molecule has 6 heteroatoms. The van der Waals surface area contributed by atoms with Crippen molar-refractivity contribution < 1.29 is 9.13 Å². The van der Waals surface area contributed by atoms with Crippen LogP contribution in [0.25, 0.3) is 0 Å². The maximum atomic E-state index is 13.2. The third kappa shape index (κ3) is 7.39. The summed E-state index contributed by atoms with van der Waals surface area (Å²) in [7, 11) is 1.69. The van der Waals surface area contributed by atoms with Gasteiger partial charge in [0, 0.05) is 20.2 Å². The van der Waals surface area contributed by atoms with Crippen LogP contribution in [0.1, 0.15) is 23.6 Å². The summed E-state index contributed by atoms with van der Waals surface area (Å²) in [5, 5.41) is 6.51. The highest BCUT2D eigenvalue weighted by Crippen LogP contribution is 2.09. The second-order valence-corrected chi connectivity index (χ2v) is 5.38. The fourth-order valence-corrected chi connectivity index (χ4v) is 2.35. The van der Waals surface area contributed by atoms with Crippen molar-refractivity contribution in [2.24, 2.45) is 4.99 Å². The molecule has 25 heavy (non-hydrogen) atoms. The van der Waals surface area contributed by atoms with Gasteiger partial charge in [0.1, 0.15) is 5.82 Å². The predicted octanol–water partition coefficient (Wildman–Crippen LogP) is 3.85. The number of nitrogens with zero attached hydrogens (tertiary/aromatic N) is 1. The van der Waals surface area contributed by atoms with Crippen molar-refractivity contribution in [1.82, 2.24) is 10.6 Å². The minimum absolute atomic E-state index is 0. The standard InChI is InChI=1S/C19H24FN3O.HI/c1-3-21-19(22-12-15-7-6-10-18(20)11-15)23-13-16-8-4-5-9-17(16)14-24-2;/h4-11H,3,12-14H2,1-2H3,(H2,21,22,23);1H. The van der Waals surface area contributed by atoms with Crippen LogP contribution in [0.5, 0.6) is 0 Å². The van der Waals surface area contributed by atoms with E-state index in [4.69, 9.17) is 4.74 Å². The number of nitrogens with one attached hydrogen (secondary N) is 2. The highest BCUT2D eigenvalue weighted by molar-refractivity contribution is 14.0. The first-order chi connectivity index (χ1) is 11.7. The maximum Gasteiger partial charge on any atom is 0.191 e. The van der Waals surface area contributed by atoms with Crippen LogP contribution in [-0.2, 0) is 24.4 Å². The quantitative estimate of drug-likeness (QED) is 0.377. The molecule has 136 valence electrons. The monoisotopic (exact) mass is 457 g/mol. The summed E-state index contributed by atoms with van der Waals surface area (Å²) >= 11 is 0. The molecular weight excluding hydrogens is 432 g/mol. The molecule has 2 N–H and O–H groups in total. The Hall–Kier alpha value is -1.67. The molecule has 0 aliphatic carbocycles. The van der Waals surface area contributed by atoms with Crippen molar-refractivity contribution in [1.29, 1.82) is 0 Å². The van der Waals surface area contributed by atoms with E-state index in [-0.39, 0.29) is 29.8 Å². The van der Waals surface area contributed by atoms with Gasteiger partial charge in [0.15, 0.2) is 5.96 Å². The number of ether oxygens (including phenoxy) is 1. The molecule has 0 saturated heterocycles. The van der Waals surface area contributed by atoms with E-state index in [1.54, 1.807) is 13.2 Å². The van der Waals surface area contributed by atoms with Crippen molar-refractivity contribution in [3.8, 4) is 0 Å². The van der Waals surface area contributed by atoms with Gasteiger partial charge in [-0.25, -0.2) is 9.38 Å². The zero-order chi connectivity index (χ0) is 17.2. The number of hydrogen-bond donors (Lipinski definition) is 2. The van der Waals surface area contributed by atoms with Crippen LogP contribution in [-0.4, -0.2) is 19.6 Å². The molecule has 0 radical (unpaired) electrons. The lowest BCUT2D eigenvalue weighted by Crippen LogP contribution is -2.37. The van der Waals surface area contributed by atoms with Crippen molar-refractivity contribution in [2.45, 2.75) is 26.6 Å². The molecule has 0 heterocycles. The summed E-state index contributed by atoms with van der Waals surface area (Å²) in [4.78, 5) is 4.51. The molecule has 0 bridgehead atoms. The van der Waals surface area contributed by atoms with E-state index in [0.717, 1.165) is 23.2 Å². The van der Waals surface area contributed by atoms with Gasteiger partial charge < -0.3 is 15.4 Å². The van der Waals surface area contributed by atoms with E-state index in [9.17, 15) is 4.39 Å². The average Bonchev–Trinajstić information content (AvgIpc) is 2.59. The largest absolute Gasteiger partial charge is 0.380 e. The topological polar surface area (TPSA) is 45.7 Å². The summed E-state index contributed by atoms with van der Waals surface area (Å²) in [5.41, 5.74) is 3.15. The number of aliphatic imine (C=N–C) groups is 1. The minimum Gasteiger partial charge on any atom is -0.380 e. The maximum absolute atomic E-state index is 13.2. The predicted molar refractivity (Wildman–Crippen MR) is 111 cm³/mol. The first-order valence-electron chi connectivity index (χ1n) is 8.05. The zero-order valence-corrected chi connectivity index (χ0v) is 16.9. The van der Waals surface area contributed by atoms with Gasteiger partial charge in [-0.15, -0.1) is 24.0 Å². The highest BCUT2D eigenvalue weighted by Gasteiger charge is 2.03. The van der Waals surface area contributed by atoms with Crippen LogP contribution >= 0.6 is 24.0 Å². The number of methoxy groups -OCH3 is 1. The fourth-order valence-electron chi connectivity index (χ4n) is 2.35. The van der Waals surface area contributed by atoms with Crippen molar-refractivity contribution in [3.63, 3.8) is 0 Å². The summed E-state index contributed by atoms with van der Waals surface area (Å²) in [6.45, 7) is 4.42. The summed E-state index contributed by atoms with van der Waals surface area (Å²) in [6, 6.07) is 14.6. The number of benzene rings is 2. The van der Waals surface area contributed by atoms with Gasteiger partial charge in [-0.05, 0) is 35.7 Å². The molecule has 0 unspecified atom stereocenters. The molecular formula is C19H25FIN3O. The molecule has 0 amide bonds. The summed E-state index contributed by atoms with van der Waals surface area (Å²) < 4.78 is 18.5. The second kappa shape index (κ2) is 11.8. The van der Waals surface area contributed by atoms with Crippen LogP contribution in [0.4, 0.5) is 4.39 Å². The van der Waals surface area contributed by atoms with Crippen molar-refractivity contribution >= 4 is 29.9 Å². The third-order valence-electron chi connectivity index (χ3n) is 3.52. The van der Waals surface area contributed by atoms with Gasteiger partial charge in [0.25, 0.3) is 0 Å². The first-order valence-corrected chi connectivity index (χ1v) is 8.05. The molecule has 0 aliphatic heterocycles. The summed E-state index contributed by atoms with van der Waals surface area (Å²) in [6.07, 6.45) is 0. The first kappa shape index (κ1) is 21.4. The molecule has 0 aliphatic rings. The number of halogens is 2. The van der Waals surface area contributed by atoms with E-state index in [1.807, 2.05) is 25.1 Å². The Morgan fingerprint density at radius 1 is 1.08 bits per heavy atom. The molecule has 2 aromatic carbocycles. The van der Waals surface area contributed by atoms with Crippen LogP contribution < -0.4 is 10.6 Å². The van der Waals surface area contributed by atoms with Crippen molar-refractivity contribution in [2.75, 3.05) is 13.7 Å². The third-order valence-corrected chi connectivity index (χ3v) is 3.52. The van der Waals surface area contributed by atoms with E-state index in [1.165, 1.54) is 12.1 Å². The van der Waals surface area contributed by atoms with Crippen LogP contribution in [0.2, 0.25) is 0 Å². The lowest BCUT2D eigenvalue weighted by Gasteiger charge is -2.14. The SMILES string of the molecule is CCNC(=NCc1cccc(F)c1)NCc1ccccc1COC.I. The average molecular weight is 457 g/mol. The molecule has 0 spiro atoms. The number of guanidine groups is 1. The van der Waals surface area contributed by atoms with Crippen LogP contribution in [0.3, 0.4) is 0 Å². The smallest absolute Gasteiger partial charge is 0.191 e. The molecule has 0 aromatic heterocycles. The minimum atomic E-state index is -0.242. The molecule has 0 fully saturated rings. The van der Waals surface area contributed by atoms with Gasteiger partial charge in [0.05, 0.1) is 13.2 Å². The molecule has 0 saturated carbocycles. The van der Waals surface area contributed by atoms with Crippen LogP contribution in [0, 0.1) is 5.82 Å². The van der Waals surface area contributed by atoms with Gasteiger partial charge in [-0.1, -0.05) is 36.4 Å². The van der Waals surface area contributed by atoms with E-state index < -0.39 is 0 Å². The van der Waals surface area contributed by atoms with Gasteiger partial charge in [-0.2, -0.15) is 0 Å². The Balaban J connectivity index is 0.00000312. The normalized spacial score (nSPS) is 10.9. The molecule has 0 atom stereocenters. The second-order valence-electron chi connectivity index (χ2n) is 5.38. The Kier molecular flexibility index (Phi) is 10.1. The van der Waals surface area contributed by atoms with Gasteiger partial charge >= 0.3 is 0 Å². The Labute approximate surface area is 165 Å². The van der Waals surface area contributed by atoms with Gasteiger partial charge in [-0.3, -0.25) is 0 Å². The van der Waals surface area contributed by atoms with E-state index in [0.29, 0.717) is 25.7 Å². The summed E-state index contributed by atoms with van der Waals surface area (Å²) in [5.74, 6) is 0.461. The lowest BCUT2D eigenvalue weighted by atomic mass is 10.1. The number of rotatable bonds is 7. The Bertz CT molecular complexity index is 679. The van der Waals surface area contributed by atoms with Crippen LogP contribution in [0.15, 0.2) is 53.5 Å². The molecule has 2 rings (SSSR count). The Morgan fingerprint density at radius 3 is 2.52 bits per heavy atom. The van der Waals surface area contributed by atoms with Gasteiger partial charge in [0.2, 0.25) is 0 Å². The molecule has 2 aromatic rings. The van der Waals surface area contributed by atoms with E-state index in [2.05, 4.69) is 27.8 Å². The van der Waals surface area contributed by atoms with Crippen molar-refractivity contribution in [3.05, 3.63) is 71.0 Å². The lowest BCUT2D eigenvalue weighted by molar-refractivity contribution is 0.184. The number of hydrogen-bond acceptors (Lipinski definition) is 2. The highest BCUT2D eigenvalue weighted by atomic mass is 127. The van der Waals surface area contributed by atoms with E-state index >= 15 is 0 Å². The molecule has 4 nitrogen and oxygen atoms in total. The zero-order valence-electron chi connectivity index (χ0n) is 14.6. The Morgan fingerprint density at radius 2 is 1.84 bits per heavy atom. The fraction of sp³-hybridized carbons (Fsp3) is 0.316.